The summed E-state index contributed by atoms with van der Waals surface area (Å²) in [5, 5.41) is 16.4. The summed E-state index contributed by atoms with van der Waals surface area (Å²) in [6.45, 7) is 6.29. The third kappa shape index (κ3) is 2.25. The van der Waals surface area contributed by atoms with Crippen molar-refractivity contribution in [2.75, 3.05) is 0 Å². The van der Waals surface area contributed by atoms with Gasteiger partial charge in [-0.2, -0.15) is 0 Å². The van der Waals surface area contributed by atoms with Gasteiger partial charge in [-0.1, -0.05) is 44.2 Å². The second-order valence-corrected chi connectivity index (χ2v) is 5.12. The Balaban J connectivity index is 2.53. The van der Waals surface area contributed by atoms with E-state index >= 15 is 0 Å². The summed E-state index contributed by atoms with van der Waals surface area (Å²) in [6, 6.07) is 7.77. The second kappa shape index (κ2) is 4.25. The van der Waals surface area contributed by atoms with Crippen LogP contribution in [0.1, 0.15) is 36.8 Å². The van der Waals surface area contributed by atoms with Gasteiger partial charge >= 0.3 is 5.97 Å². The van der Waals surface area contributed by atoms with Gasteiger partial charge in [0, 0.05) is 0 Å². The number of carbonyl (C=O) groups is 1. The predicted octanol–water partition coefficient (Wildman–Crippen LogP) is 2.26. The highest BCUT2D eigenvalue weighted by atomic mass is 16.4. The average Bonchev–Trinajstić information content (AvgIpc) is 2.77. The number of para-hydroxylation sites is 1. The van der Waals surface area contributed by atoms with Crippen LogP contribution in [0.15, 0.2) is 30.5 Å². The number of aromatic carboxylic acids is 1. The SMILES string of the molecule is CC(C)(C)c1ccccc1-n1cc(C(=O)O)nn1. The highest BCUT2D eigenvalue weighted by molar-refractivity contribution is 5.84. The molecule has 0 atom stereocenters. The molecule has 0 saturated heterocycles. The molecule has 0 aliphatic rings. The van der Waals surface area contributed by atoms with Crippen molar-refractivity contribution in [1.29, 1.82) is 0 Å². The van der Waals surface area contributed by atoms with Gasteiger partial charge in [-0.15, -0.1) is 5.10 Å². The Kier molecular flexibility index (Phi) is 2.90. The van der Waals surface area contributed by atoms with E-state index in [1.165, 1.54) is 10.9 Å². The van der Waals surface area contributed by atoms with Gasteiger partial charge in [0.05, 0.1) is 11.9 Å². The number of rotatable bonds is 2. The second-order valence-electron chi connectivity index (χ2n) is 5.12. The van der Waals surface area contributed by atoms with E-state index in [2.05, 4.69) is 31.1 Å². The Morgan fingerprint density at radius 2 is 1.94 bits per heavy atom. The van der Waals surface area contributed by atoms with Crippen molar-refractivity contribution in [3.8, 4) is 5.69 Å². The van der Waals surface area contributed by atoms with E-state index in [9.17, 15) is 4.79 Å². The van der Waals surface area contributed by atoms with E-state index in [-0.39, 0.29) is 11.1 Å². The molecule has 2 rings (SSSR count). The standard InChI is InChI=1S/C13H15N3O2/c1-13(2,3)9-6-4-5-7-11(9)16-8-10(12(17)18)14-15-16/h4-8H,1-3H3,(H,17,18). The minimum Gasteiger partial charge on any atom is -0.476 e. The van der Waals surface area contributed by atoms with Crippen molar-refractivity contribution < 1.29 is 9.90 Å². The maximum absolute atomic E-state index is 10.8. The highest BCUT2D eigenvalue weighted by Crippen LogP contribution is 2.27. The monoisotopic (exact) mass is 245 g/mol. The predicted molar refractivity (Wildman–Crippen MR) is 67.0 cm³/mol. The van der Waals surface area contributed by atoms with Crippen LogP contribution in [0.3, 0.4) is 0 Å². The summed E-state index contributed by atoms with van der Waals surface area (Å²) in [6.07, 6.45) is 1.42. The van der Waals surface area contributed by atoms with Gasteiger partial charge in [-0.05, 0) is 17.0 Å². The molecule has 0 bridgehead atoms. The first kappa shape index (κ1) is 12.3. The van der Waals surface area contributed by atoms with Crippen molar-refractivity contribution in [2.45, 2.75) is 26.2 Å². The molecule has 1 N–H and O–H groups in total. The first-order chi connectivity index (χ1) is 8.39. The molecule has 0 aliphatic heterocycles. The van der Waals surface area contributed by atoms with Crippen LogP contribution in [0.4, 0.5) is 0 Å². The molecule has 0 amide bonds. The molecule has 5 heteroatoms. The Labute approximate surface area is 105 Å². The van der Waals surface area contributed by atoms with Crippen LogP contribution in [-0.2, 0) is 5.41 Å². The van der Waals surface area contributed by atoms with Crippen molar-refractivity contribution >= 4 is 5.97 Å². The Morgan fingerprint density at radius 1 is 1.28 bits per heavy atom. The number of nitrogens with zero attached hydrogens (tertiary/aromatic N) is 3. The molecular weight excluding hydrogens is 230 g/mol. The third-order valence-electron chi connectivity index (χ3n) is 2.67. The minimum atomic E-state index is -1.07. The molecule has 0 radical (unpaired) electrons. The van der Waals surface area contributed by atoms with E-state index in [1.54, 1.807) is 0 Å². The van der Waals surface area contributed by atoms with Crippen LogP contribution in [0.5, 0.6) is 0 Å². The summed E-state index contributed by atoms with van der Waals surface area (Å²) in [5.74, 6) is -1.07. The number of benzene rings is 1. The zero-order chi connectivity index (χ0) is 13.3. The largest absolute Gasteiger partial charge is 0.476 e. The number of carboxylic acid groups (broad SMARTS) is 1. The van der Waals surface area contributed by atoms with Crippen LogP contribution in [-0.4, -0.2) is 26.1 Å². The van der Waals surface area contributed by atoms with Crippen LogP contribution < -0.4 is 0 Å². The molecule has 5 nitrogen and oxygen atoms in total. The van der Waals surface area contributed by atoms with Gasteiger partial charge in [0.1, 0.15) is 0 Å². The van der Waals surface area contributed by atoms with E-state index in [4.69, 9.17) is 5.11 Å². The van der Waals surface area contributed by atoms with Crippen LogP contribution in [0.2, 0.25) is 0 Å². The van der Waals surface area contributed by atoms with Crippen LogP contribution >= 0.6 is 0 Å². The van der Waals surface area contributed by atoms with Crippen molar-refractivity contribution in [3.63, 3.8) is 0 Å². The first-order valence-corrected chi connectivity index (χ1v) is 5.65. The lowest BCUT2D eigenvalue weighted by Gasteiger charge is -2.22. The molecule has 0 saturated carbocycles. The van der Waals surface area contributed by atoms with E-state index in [0.717, 1.165) is 11.3 Å². The maximum Gasteiger partial charge on any atom is 0.358 e. The van der Waals surface area contributed by atoms with E-state index in [1.807, 2.05) is 24.3 Å². The molecule has 0 aliphatic carbocycles. The molecule has 2 aromatic rings. The molecule has 0 unspecified atom stereocenters. The maximum atomic E-state index is 10.8. The summed E-state index contributed by atoms with van der Waals surface area (Å²) in [7, 11) is 0. The van der Waals surface area contributed by atoms with Gasteiger partial charge in [0.25, 0.3) is 0 Å². The fourth-order valence-corrected chi connectivity index (χ4v) is 1.79. The van der Waals surface area contributed by atoms with Crippen LogP contribution in [0, 0.1) is 0 Å². The summed E-state index contributed by atoms with van der Waals surface area (Å²) < 4.78 is 1.50. The fraction of sp³-hybridized carbons (Fsp3) is 0.308. The third-order valence-corrected chi connectivity index (χ3v) is 2.67. The van der Waals surface area contributed by atoms with Crippen molar-refractivity contribution in [3.05, 3.63) is 41.7 Å². The fourth-order valence-electron chi connectivity index (χ4n) is 1.79. The Hall–Kier alpha value is -2.17. The number of aromatic nitrogens is 3. The lowest BCUT2D eigenvalue weighted by Crippen LogP contribution is -2.15. The molecule has 0 fully saturated rings. The molecule has 1 heterocycles. The summed E-state index contributed by atoms with van der Waals surface area (Å²) in [5.41, 5.74) is 1.84. The highest BCUT2D eigenvalue weighted by Gasteiger charge is 2.19. The van der Waals surface area contributed by atoms with Gasteiger partial charge in [0.15, 0.2) is 5.69 Å². The molecule has 1 aromatic carbocycles. The molecule has 18 heavy (non-hydrogen) atoms. The van der Waals surface area contributed by atoms with Gasteiger partial charge < -0.3 is 5.11 Å². The first-order valence-electron chi connectivity index (χ1n) is 5.65. The van der Waals surface area contributed by atoms with Crippen molar-refractivity contribution in [2.24, 2.45) is 0 Å². The lowest BCUT2D eigenvalue weighted by atomic mass is 9.86. The van der Waals surface area contributed by atoms with Gasteiger partial charge in [-0.3, -0.25) is 0 Å². The topological polar surface area (TPSA) is 68.0 Å². The van der Waals surface area contributed by atoms with Gasteiger partial charge in [0.2, 0.25) is 0 Å². The molecule has 1 aromatic heterocycles. The summed E-state index contributed by atoms with van der Waals surface area (Å²) >= 11 is 0. The Morgan fingerprint density at radius 3 is 2.50 bits per heavy atom. The normalized spacial score (nSPS) is 11.5. The number of hydrogen-bond acceptors (Lipinski definition) is 3. The van der Waals surface area contributed by atoms with E-state index < -0.39 is 5.97 Å². The Bertz CT molecular complexity index is 582. The molecule has 94 valence electrons. The lowest BCUT2D eigenvalue weighted by molar-refractivity contribution is 0.0690. The van der Waals surface area contributed by atoms with Gasteiger partial charge in [-0.25, -0.2) is 9.48 Å². The van der Waals surface area contributed by atoms with E-state index in [0.29, 0.717) is 0 Å². The number of carboxylic acids is 1. The van der Waals surface area contributed by atoms with Crippen LogP contribution in [0.25, 0.3) is 5.69 Å². The average molecular weight is 245 g/mol. The van der Waals surface area contributed by atoms with Crippen molar-refractivity contribution in [1.82, 2.24) is 15.0 Å². The minimum absolute atomic E-state index is 0.0497. The smallest absolute Gasteiger partial charge is 0.358 e. The quantitative estimate of drug-likeness (QED) is 0.881. The zero-order valence-electron chi connectivity index (χ0n) is 10.6. The summed E-state index contributed by atoms with van der Waals surface area (Å²) in [4.78, 5) is 10.8. The zero-order valence-corrected chi connectivity index (χ0v) is 10.6. The molecule has 0 spiro atoms. The molecular formula is C13H15N3O2. The number of hydrogen-bond donors (Lipinski definition) is 1.